The molecule has 1 aromatic carbocycles. The van der Waals surface area contributed by atoms with Crippen molar-refractivity contribution in [1.82, 2.24) is 5.32 Å². The summed E-state index contributed by atoms with van der Waals surface area (Å²) in [5.41, 5.74) is -2.86. The van der Waals surface area contributed by atoms with Crippen LogP contribution >= 0.6 is 0 Å². The van der Waals surface area contributed by atoms with Crippen LogP contribution in [0.25, 0.3) is 0 Å². The highest BCUT2D eigenvalue weighted by molar-refractivity contribution is 5.88. The van der Waals surface area contributed by atoms with Gasteiger partial charge in [-0.25, -0.2) is 8.78 Å². The van der Waals surface area contributed by atoms with Gasteiger partial charge in [0.05, 0.1) is 0 Å². The van der Waals surface area contributed by atoms with Gasteiger partial charge < -0.3 is 5.32 Å². The smallest absolute Gasteiger partial charge is 0.315 e. The van der Waals surface area contributed by atoms with Gasteiger partial charge in [0, 0.05) is 13.0 Å². The number of rotatable bonds is 3. The van der Waals surface area contributed by atoms with Crippen LogP contribution in [-0.2, 0) is 11.2 Å². The Kier molecular flexibility index (Phi) is 3.82. The molecule has 2 rings (SSSR count). The summed E-state index contributed by atoms with van der Waals surface area (Å²) in [6, 6.07) is 2.39. The number of alkyl halides is 3. The van der Waals surface area contributed by atoms with E-state index in [1.165, 1.54) is 0 Å². The second kappa shape index (κ2) is 5.12. The largest absolute Gasteiger partial charge is 0.402 e. The van der Waals surface area contributed by atoms with Crippen molar-refractivity contribution in [3.05, 3.63) is 35.4 Å². The molecule has 0 amide bonds. The molecule has 0 saturated carbocycles. The Morgan fingerprint density at radius 2 is 2.00 bits per heavy atom. The molecule has 1 unspecified atom stereocenters. The molecule has 1 fully saturated rings. The molecule has 20 heavy (non-hydrogen) atoms. The van der Waals surface area contributed by atoms with E-state index in [9.17, 15) is 26.7 Å². The summed E-state index contributed by atoms with van der Waals surface area (Å²) in [6.07, 6.45) is -5.87. The van der Waals surface area contributed by atoms with Gasteiger partial charge in [-0.2, -0.15) is 13.2 Å². The van der Waals surface area contributed by atoms with Gasteiger partial charge in [0.15, 0.2) is 5.78 Å². The van der Waals surface area contributed by atoms with Crippen molar-refractivity contribution in [1.29, 1.82) is 0 Å². The highest BCUT2D eigenvalue weighted by Gasteiger charge is 2.60. The zero-order valence-electron chi connectivity index (χ0n) is 10.4. The first-order chi connectivity index (χ1) is 9.26. The molecule has 0 aliphatic carbocycles. The van der Waals surface area contributed by atoms with Crippen LogP contribution in [0.15, 0.2) is 18.2 Å². The van der Waals surface area contributed by atoms with Crippen molar-refractivity contribution < 1.29 is 26.7 Å². The van der Waals surface area contributed by atoms with E-state index in [2.05, 4.69) is 5.32 Å². The Balaban J connectivity index is 2.28. The number of nitrogens with one attached hydrogen (secondary N) is 1. The molecule has 0 bridgehead atoms. The van der Waals surface area contributed by atoms with Crippen LogP contribution in [0, 0.1) is 17.0 Å². The second-order valence-electron chi connectivity index (χ2n) is 4.84. The van der Waals surface area contributed by atoms with E-state index in [4.69, 9.17) is 0 Å². The number of carbonyl (C=O) groups is 1. The van der Waals surface area contributed by atoms with Gasteiger partial charge >= 0.3 is 6.18 Å². The number of hydrogen-bond acceptors (Lipinski definition) is 2. The monoisotopic (exact) mass is 293 g/mol. The van der Waals surface area contributed by atoms with Gasteiger partial charge in [-0.1, -0.05) is 0 Å². The number of benzene rings is 1. The Morgan fingerprint density at radius 1 is 1.30 bits per heavy atom. The zero-order valence-corrected chi connectivity index (χ0v) is 10.4. The highest BCUT2D eigenvalue weighted by atomic mass is 19.4. The molecule has 2 nitrogen and oxygen atoms in total. The topological polar surface area (TPSA) is 29.1 Å². The van der Waals surface area contributed by atoms with Crippen molar-refractivity contribution in [3.63, 3.8) is 0 Å². The summed E-state index contributed by atoms with van der Waals surface area (Å²) in [4.78, 5) is 12.0. The minimum absolute atomic E-state index is 0.0664. The fourth-order valence-electron chi connectivity index (χ4n) is 2.35. The molecule has 0 aromatic heterocycles. The maximum Gasteiger partial charge on any atom is 0.402 e. The van der Waals surface area contributed by atoms with Gasteiger partial charge in [0.25, 0.3) is 0 Å². The third kappa shape index (κ3) is 2.54. The van der Waals surface area contributed by atoms with Crippen LogP contribution in [-0.4, -0.2) is 25.0 Å². The lowest BCUT2D eigenvalue weighted by molar-refractivity contribution is -0.214. The molecule has 1 aromatic rings. The van der Waals surface area contributed by atoms with Crippen LogP contribution in [0.2, 0.25) is 0 Å². The van der Waals surface area contributed by atoms with Crippen molar-refractivity contribution >= 4 is 5.78 Å². The van der Waals surface area contributed by atoms with Gasteiger partial charge in [-0.15, -0.1) is 0 Å². The van der Waals surface area contributed by atoms with Crippen LogP contribution in [0.3, 0.4) is 0 Å². The number of carbonyl (C=O) groups excluding carboxylic acids is 1. The molecule has 1 atom stereocenters. The third-order valence-electron chi connectivity index (χ3n) is 3.59. The Hall–Kier alpha value is -1.50. The molecule has 1 heterocycles. The lowest BCUT2D eigenvalue weighted by atomic mass is 9.79. The molecule has 0 radical (unpaired) electrons. The Labute approximate surface area is 112 Å². The fraction of sp³-hybridized carbons (Fsp3) is 0.462. The lowest BCUT2D eigenvalue weighted by Crippen LogP contribution is -2.47. The van der Waals surface area contributed by atoms with Crippen LogP contribution in [0.1, 0.15) is 12.0 Å². The Morgan fingerprint density at radius 3 is 2.55 bits per heavy atom. The number of hydrogen-bond donors (Lipinski definition) is 1. The van der Waals surface area contributed by atoms with Gasteiger partial charge in [-0.3, -0.25) is 4.79 Å². The maximum absolute atomic E-state index is 13.4. The summed E-state index contributed by atoms with van der Waals surface area (Å²) in [7, 11) is 0. The average Bonchev–Trinajstić information content (AvgIpc) is 2.83. The van der Waals surface area contributed by atoms with Crippen molar-refractivity contribution in [2.75, 3.05) is 13.1 Å². The zero-order chi connectivity index (χ0) is 15.0. The van der Waals surface area contributed by atoms with E-state index < -0.39 is 42.0 Å². The number of ketones is 1. The highest BCUT2D eigenvalue weighted by Crippen LogP contribution is 2.44. The lowest BCUT2D eigenvalue weighted by Gasteiger charge is -2.29. The predicted molar refractivity (Wildman–Crippen MR) is 61.0 cm³/mol. The first-order valence-electron chi connectivity index (χ1n) is 6.01. The van der Waals surface area contributed by atoms with E-state index in [0.29, 0.717) is 0 Å². The molecule has 7 heteroatoms. The normalized spacial score (nSPS) is 23.1. The SMILES string of the molecule is O=C(Cc1cc(F)ccc1F)C1(C(F)(F)F)CCNC1. The summed E-state index contributed by atoms with van der Waals surface area (Å²) in [6.45, 7) is -0.455. The number of Topliss-reactive ketones (excluding diaryl/α,β-unsaturated/α-hetero) is 1. The van der Waals surface area contributed by atoms with Crippen LogP contribution < -0.4 is 5.32 Å². The second-order valence-corrected chi connectivity index (χ2v) is 4.84. The van der Waals surface area contributed by atoms with Crippen LogP contribution in [0.5, 0.6) is 0 Å². The summed E-state index contributed by atoms with van der Waals surface area (Å²) in [5.74, 6) is -2.82. The minimum atomic E-state index is -4.71. The summed E-state index contributed by atoms with van der Waals surface area (Å²) >= 11 is 0. The van der Waals surface area contributed by atoms with E-state index >= 15 is 0 Å². The standard InChI is InChI=1S/C13H12F5NO/c14-9-1-2-10(15)8(5-9)6-11(20)12(13(16,17)18)3-4-19-7-12/h1-2,5,19H,3-4,6-7H2. The molecule has 1 aliphatic rings. The molecular formula is C13H12F5NO. The van der Waals surface area contributed by atoms with Gasteiger partial charge in [0.2, 0.25) is 0 Å². The molecule has 110 valence electrons. The van der Waals surface area contributed by atoms with Gasteiger partial charge in [-0.05, 0) is 36.7 Å². The van der Waals surface area contributed by atoms with E-state index in [1.54, 1.807) is 0 Å². The third-order valence-corrected chi connectivity index (χ3v) is 3.59. The predicted octanol–water partition coefficient (Wildman–Crippen LogP) is 2.62. The van der Waals surface area contributed by atoms with E-state index in [-0.39, 0.29) is 18.5 Å². The molecule has 1 aliphatic heterocycles. The molecular weight excluding hydrogens is 281 g/mol. The maximum atomic E-state index is 13.4. The first-order valence-corrected chi connectivity index (χ1v) is 6.01. The van der Waals surface area contributed by atoms with Crippen molar-refractivity contribution in [2.24, 2.45) is 5.41 Å². The summed E-state index contributed by atoms with van der Waals surface area (Å²) < 4.78 is 65.8. The van der Waals surface area contributed by atoms with Gasteiger partial charge in [0.1, 0.15) is 17.0 Å². The first kappa shape index (κ1) is 14.9. The molecule has 1 saturated heterocycles. The quantitative estimate of drug-likeness (QED) is 0.868. The van der Waals surface area contributed by atoms with Crippen molar-refractivity contribution in [2.45, 2.75) is 19.0 Å². The van der Waals surface area contributed by atoms with Crippen LogP contribution in [0.4, 0.5) is 22.0 Å². The summed E-state index contributed by atoms with van der Waals surface area (Å²) in [5, 5.41) is 2.50. The number of halogens is 5. The van der Waals surface area contributed by atoms with Crippen molar-refractivity contribution in [3.8, 4) is 0 Å². The average molecular weight is 293 g/mol. The van der Waals surface area contributed by atoms with E-state index in [0.717, 1.165) is 18.2 Å². The minimum Gasteiger partial charge on any atom is -0.315 e. The molecule has 1 N–H and O–H groups in total. The molecule has 0 spiro atoms. The van der Waals surface area contributed by atoms with E-state index in [1.807, 2.05) is 0 Å². The fourth-order valence-corrected chi connectivity index (χ4v) is 2.35. The Bertz CT molecular complexity index is 520.